The van der Waals surface area contributed by atoms with E-state index in [1.54, 1.807) is 10.9 Å². The Labute approximate surface area is 102 Å². The average Bonchev–Trinajstić information content (AvgIpc) is 2.79. The van der Waals surface area contributed by atoms with E-state index in [1.165, 1.54) is 0 Å². The zero-order valence-corrected chi connectivity index (χ0v) is 11.3. The molecule has 0 N–H and O–H groups in total. The van der Waals surface area contributed by atoms with Gasteiger partial charge in [0.05, 0.1) is 18.1 Å². The van der Waals surface area contributed by atoms with Crippen molar-refractivity contribution in [1.29, 1.82) is 0 Å². The smallest absolute Gasteiger partial charge is 0.129 e. The minimum atomic E-state index is -1.32. The molecule has 86 valence electrons. The van der Waals surface area contributed by atoms with Crippen LogP contribution < -0.4 is 0 Å². The van der Waals surface area contributed by atoms with Crippen LogP contribution in [0.15, 0.2) is 36.7 Å². The largest absolute Gasteiger partial charge is 0.221 e. The van der Waals surface area contributed by atoms with E-state index >= 15 is 0 Å². The van der Waals surface area contributed by atoms with Crippen molar-refractivity contribution in [3.63, 3.8) is 0 Å². The van der Waals surface area contributed by atoms with E-state index < -0.39 is 8.07 Å². The molecule has 0 spiro atoms. The van der Waals surface area contributed by atoms with Crippen LogP contribution in [0, 0.1) is 11.5 Å². The van der Waals surface area contributed by atoms with Gasteiger partial charge in [0.15, 0.2) is 0 Å². The molecule has 0 aliphatic heterocycles. The highest BCUT2D eigenvalue weighted by atomic mass is 28.3. The monoisotopic (exact) mass is 241 g/mol. The van der Waals surface area contributed by atoms with Crippen molar-refractivity contribution < 1.29 is 0 Å². The summed E-state index contributed by atoms with van der Waals surface area (Å²) in [6.45, 7) is 6.71. The Balaban J connectivity index is 2.32. The molecule has 2 aromatic rings. The molecular weight excluding hydrogens is 226 g/mol. The van der Waals surface area contributed by atoms with Gasteiger partial charge in [-0.05, 0) is 18.2 Å². The maximum atomic E-state index is 3.96. The van der Waals surface area contributed by atoms with Crippen molar-refractivity contribution in [1.82, 2.24) is 15.0 Å². The molecule has 1 aromatic heterocycles. The summed E-state index contributed by atoms with van der Waals surface area (Å²) in [6, 6.07) is 8.04. The first kappa shape index (κ1) is 11.6. The molecule has 0 radical (unpaired) electrons. The average molecular weight is 241 g/mol. The number of benzene rings is 1. The van der Waals surface area contributed by atoms with Crippen LogP contribution in [0.25, 0.3) is 5.69 Å². The summed E-state index contributed by atoms with van der Waals surface area (Å²) in [4.78, 5) is 0. The van der Waals surface area contributed by atoms with Gasteiger partial charge >= 0.3 is 0 Å². The Morgan fingerprint density at radius 3 is 2.71 bits per heavy atom. The summed E-state index contributed by atoms with van der Waals surface area (Å²) in [5.74, 6) is 3.24. The Kier molecular flexibility index (Phi) is 3.11. The summed E-state index contributed by atoms with van der Waals surface area (Å²) in [5.41, 5.74) is 5.37. The van der Waals surface area contributed by atoms with Crippen LogP contribution in [0.5, 0.6) is 0 Å². The van der Waals surface area contributed by atoms with E-state index in [0.29, 0.717) is 0 Å². The highest BCUT2D eigenvalue weighted by Crippen LogP contribution is 2.08. The van der Waals surface area contributed by atoms with Crippen LogP contribution in [0.1, 0.15) is 5.56 Å². The quantitative estimate of drug-likeness (QED) is 0.567. The van der Waals surface area contributed by atoms with Gasteiger partial charge in [-0.15, -0.1) is 10.6 Å². The molecule has 17 heavy (non-hydrogen) atoms. The molecule has 1 aromatic carbocycles. The molecule has 0 saturated heterocycles. The first-order valence-corrected chi connectivity index (χ1v) is 9.04. The summed E-state index contributed by atoms with van der Waals surface area (Å²) >= 11 is 0. The number of hydrogen-bond donors (Lipinski definition) is 0. The van der Waals surface area contributed by atoms with Crippen LogP contribution in [0.2, 0.25) is 19.6 Å². The Bertz CT molecular complexity index is 556. The van der Waals surface area contributed by atoms with Gasteiger partial charge in [0.25, 0.3) is 0 Å². The Morgan fingerprint density at radius 2 is 2.06 bits per heavy atom. The number of rotatable bonds is 1. The molecule has 0 unspecified atom stereocenters. The van der Waals surface area contributed by atoms with Gasteiger partial charge in [-0.25, -0.2) is 4.68 Å². The first-order chi connectivity index (χ1) is 8.04. The number of hydrogen-bond acceptors (Lipinski definition) is 2. The van der Waals surface area contributed by atoms with Crippen LogP contribution in [-0.2, 0) is 0 Å². The summed E-state index contributed by atoms with van der Waals surface area (Å²) in [5, 5.41) is 7.76. The SMILES string of the molecule is C[Si](C)(C)C#Cc1cccc(-n2ccnn2)c1. The van der Waals surface area contributed by atoms with Gasteiger partial charge in [-0.2, -0.15) is 0 Å². The van der Waals surface area contributed by atoms with Crippen LogP contribution in [0.4, 0.5) is 0 Å². The lowest BCUT2D eigenvalue weighted by molar-refractivity contribution is 0.803. The van der Waals surface area contributed by atoms with Crippen molar-refractivity contribution in [3.8, 4) is 17.2 Å². The van der Waals surface area contributed by atoms with Crippen molar-refractivity contribution >= 4 is 8.07 Å². The van der Waals surface area contributed by atoms with Gasteiger partial charge < -0.3 is 0 Å². The van der Waals surface area contributed by atoms with Gasteiger partial charge in [0.2, 0.25) is 0 Å². The lowest BCUT2D eigenvalue weighted by Crippen LogP contribution is -2.16. The van der Waals surface area contributed by atoms with Crippen molar-refractivity contribution in [2.24, 2.45) is 0 Å². The van der Waals surface area contributed by atoms with Crippen LogP contribution in [0.3, 0.4) is 0 Å². The molecule has 0 aliphatic rings. The van der Waals surface area contributed by atoms with E-state index in [9.17, 15) is 0 Å². The maximum absolute atomic E-state index is 3.96. The zero-order chi connectivity index (χ0) is 12.3. The van der Waals surface area contributed by atoms with Gasteiger partial charge in [0, 0.05) is 5.56 Å². The Hall–Kier alpha value is -1.86. The predicted octanol–water partition coefficient (Wildman–Crippen LogP) is 2.50. The molecule has 4 heteroatoms. The minimum absolute atomic E-state index is 0.991. The Morgan fingerprint density at radius 1 is 1.24 bits per heavy atom. The second-order valence-electron chi connectivity index (χ2n) is 4.90. The highest BCUT2D eigenvalue weighted by molar-refractivity contribution is 6.83. The van der Waals surface area contributed by atoms with Crippen molar-refractivity contribution in [3.05, 3.63) is 42.2 Å². The third-order valence-corrected chi connectivity index (χ3v) is 2.99. The highest BCUT2D eigenvalue weighted by Gasteiger charge is 2.07. The molecule has 0 aliphatic carbocycles. The molecule has 0 fully saturated rings. The molecule has 0 atom stereocenters. The van der Waals surface area contributed by atoms with Crippen LogP contribution in [-0.4, -0.2) is 23.1 Å². The molecule has 2 rings (SSSR count). The number of aromatic nitrogens is 3. The second-order valence-corrected chi connectivity index (χ2v) is 9.65. The van der Waals surface area contributed by atoms with Gasteiger partial charge in [0.1, 0.15) is 8.07 Å². The van der Waals surface area contributed by atoms with E-state index in [-0.39, 0.29) is 0 Å². The van der Waals surface area contributed by atoms with E-state index in [2.05, 4.69) is 41.4 Å². The fourth-order valence-electron chi connectivity index (χ4n) is 1.33. The minimum Gasteiger partial charge on any atom is -0.221 e. The molecule has 3 nitrogen and oxygen atoms in total. The second kappa shape index (κ2) is 4.56. The van der Waals surface area contributed by atoms with Gasteiger partial charge in [-0.3, -0.25) is 0 Å². The van der Waals surface area contributed by atoms with Gasteiger partial charge in [-0.1, -0.05) is 36.8 Å². The molecular formula is C13H15N3Si. The standard InChI is InChI=1S/C13H15N3Si/c1-17(2,3)10-7-12-5-4-6-13(11-12)16-9-8-14-15-16/h4-6,8-9,11H,1-3H3. The fraction of sp³-hybridized carbons (Fsp3) is 0.231. The molecule has 0 bridgehead atoms. The van der Waals surface area contributed by atoms with E-state index in [4.69, 9.17) is 0 Å². The van der Waals surface area contributed by atoms with Crippen molar-refractivity contribution in [2.75, 3.05) is 0 Å². The third-order valence-electron chi connectivity index (χ3n) is 2.12. The third kappa shape index (κ3) is 3.30. The summed E-state index contributed by atoms with van der Waals surface area (Å²) in [6.07, 6.45) is 3.49. The summed E-state index contributed by atoms with van der Waals surface area (Å²) < 4.78 is 1.74. The van der Waals surface area contributed by atoms with Crippen LogP contribution >= 0.6 is 0 Å². The lowest BCUT2D eigenvalue weighted by Gasteiger charge is -2.04. The van der Waals surface area contributed by atoms with E-state index in [0.717, 1.165) is 11.3 Å². The molecule has 1 heterocycles. The lowest BCUT2D eigenvalue weighted by atomic mass is 10.2. The predicted molar refractivity (Wildman–Crippen MR) is 71.6 cm³/mol. The number of nitrogens with zero attached hydrogens (tertiary/aromatic N) is 3. The topological polar surface area (TPSA) is 30.7 Å². The maximum Gasteiger partial charge on any atom is 0.129 e. The fourth-order valence-corrected chi connectivity index (χ4v) is 1.85. The van der Waals surface area contributed by atoms with Crippen molar-refractivity contribution in [2.45, 2.75) is 19.6 Å². The summed E-state index contributed by atoms with van der Waals surface area (Å²) in [7, 11) is -1.32. The molecule has 0 amide bonds. The molecule has 0 saturated carbocycles. The first-order valence-electron chi connectivity index (χ1n) is 5.54. The van der Waals surface area contributed by atoms with E-state index in [1.807, 2.05) is 30.5 Å². The normalized spacial score (nSPS) is 10.8. The zero-order valence-electron chi connectivity index (χ0n) is 10.3.